The summed E-state index contributed by atoms with van der Waals surface area (Å²) in [4.78, 5) is 34.3. The molecule has 1 heterocycles. The predicted octanol–water partition coefficient (Wildman–Crippen LogP) is 2.02. The minimum absolute atomic E-state index is 0.125. The average Bonchev–Trinajstić information content (AvgIpc) is 2.87. The summed E-state index contributed by atoms with van der Waals surface area (Å²) < 4.78 is 5.66. The van der Waals surface area contributed by atoms with E-state index in [2.05, 4.69) is 16.0 Å². The molecule has 0 aromatic heterocycles. The molecule has 0 aliphatic carbocycles. The van der Waals surface area contributed by atoms with Crippen molar-refractivity contribution in [2.75, 3.05) is 5.32 Å². The van der Waals surface area contributed by atoms with Gasteiger partial charge in [-0.1, -0.05) is 18.2 Å². The van der Waals surface area contributed by atoms with Crippen LogP contribution in [0.2, 0.25) is 0 Å². The highest BCUT2D eigenvalue weighted by atomic mass is 16.5. The zero-order valence-electron chi connectivity index (χ0n) is 12.6. The van der Waals surface area contributed by atoms with Gasteiger partial charge in [-0.3, -0.25) is 14.9 Å². The fourth-order valence-electron chi connectivity index (χ4n) is 2.23. The van der Waals surface area contributed by atoms with Crippen molar-refractivity contribution in [1.29, 1.82) is 0 Å². The van der Waals surface area contributed by atoms with E-state index in [4.69, 9.17) is 4.74 Å². The van der Waals surface area contributed by atoms with Crippen LogP contribution in [0.25, 0.3) is 0 Å². The van der Waals surface area contributed by atoms with Crippen LogP contribution in [0.3, 0.4) is 0 Å². The molecular weight excluding hydrogens is 310 g/mol. The van der Waals surface area contributed by atoms with Crippen molar-refractivity contribution in [3.05, 3.63) is 54.6 Å². The van der Waals surface area contributed by atoms with E-state index in [-0.39, 0.29) is 12.3 Å². The van der Waals surface area contributed by atoms with Gasteiger partial charge < -0.3 is 15.4 Å². The topological polar surface area (TPSA) is 96.5 Å². The van der Waals surface area contributed by atoms with E-state index in [9.17, 15) is 14.4 Å². The van der Waals surface area contributed by atoms with Gasteiger partial charge in [-0.05, 0) is 36.4 Å². The molecule has 0 bridgehead atoms. The van der Waals surface area contributed by atoms with Crippen molar-refractivity contribution in [2.45, 2.75) is 12.5 Å². The van der Waals surface area contributed by atoms with Crippen LogP contribution in [0.5, 0.6) is 11.5 Å². The molecule has 0 saturated carbocycles. The van der Waals surface area contributed by atoms with Gasteiger partial charge in [0.2, 0.25) is 5.91 Å². The van der Waals surface area contributed by atoms with Gasteiger partial charge >= 0.3 is 6.03 Å². The molecule has 2 aromatic rings. The van der Waals surface area contributed by atoms with E-state index >= 15 is 0 Å². The summed E-state index contributed by atoms with van der Waals surface area (Å²) in [6, 6.07) is 14.8. The maximum absolute atomic E-state index is 11.9. The summed E-state index contributed by atoms with van der Waals surface area (Å²) >= 11 is 0. The molecule has 1 saturated heterocycles. The summed E-state index contributed by atoms with van der Waals surface area (Å²) in [5.74, 6) is 0.495. The standard InChI is InChI=1S/C17H15N3O4/c21-15(10-14-16(22)20-17(23)19-14)18-11-6-8-13(9-7-11)24-12-4-2-1-3-5-12/h1-9,14H,10H2,(H,18,21)(H2,19,20,22,23). The van der Waals surface area contributed by atoms with E-state index in [1.54, 1.807) is 24.3 Å². The fraction of sp³-hybridized carbons (Fsp3) is 0.118. The highest BCUT2D eigenvalue weighted by Crippen LogP contribution is 2.22. The Balaban J connectivity index is 1.55. The van der Waals surface area contributed by atoms with Gasteiger partial charge in [0, 0.05) is 5.69 Å². The van der Waals surface area contributed by atoms with Crippen LogP contribution in [-0.4, -0.2) is 23.9 Å². The minimum Gasteiger partial charge on any atom is -0.457 e. The summed E-state index contributed by atoms with van der Waals surface area (Å²) in [5.41, 5.74) is 0.574. The number of amides is 4. The molecule has 4 amide bonds. The van der Waals surface area contributed by atoms with E-state index in [0.717, 1.165) is 5.75 Å². The van der Waals surface area contributed by atoms with E-state index in [1.807, 2.05) is 30.3 Å². The summed E-state index contributed by atoms with van der Waals surface area (Å²) in [6.45, 7) is 0. The Kier molecular flexibility index (Phi) is 4.42. The van der Waals surface area contributed by atoms with Crippen LogP contribution in [0.1, 0.15) is 6.42 Å². The van der Waals surface area contributed by atoms with Gasteiger partial charge in [0.05, 0.1) is 6.42 Å². The Labute approximate surface area is 138 Å². The van der Waals surface area contributed by atoms with E-state index in [0.29, 0.717) is 11.4 Å². The second-order valence-corrected chi connectivity index (χ2v) is 5.21. The van der Waals surface area contributed by atoms with Crippen molar-refractivity contribution in [3.63, 3.8) is 0 Å². The molecule has 3 rings (SSSR count). The first-order chi connectivity index (χ1) is 11.6. The lowest BCUT2D eigenvalue weighted by Gasteiger charge is -2.09. The summed E-state index contributed by atoms with van der Waals surface area (Å²) in [5, 5.41) is 7.13. The third-order valence-corrected chi connectivity index (χ3v) is 3.37. The first-order valence-corrected chi connectivity index (χ1v) is 7.34. The second-order valence-electron chi connectivity index (χ2n) is 5.21. The quantitative estimate of drug-likeness (QED) is 0.733. The van der Waals surface area contributed by atoms with Crippen LogP contribution in [0.15, 0.2) is 54.6 Å². The third-order valence-electron chi connectivity index (χ3n) is 3.37. The van der Waals surface area contributed by atoms with Crippen LogP contribution >= 0.6 is 0 Å². The van der Waals surface area contributed by atoms with Crippen LogP contribution < -0.4 is 20.7 Å². The monoisotopic (exact) mass is 325 g/mol. The minimum atomic E-state index is -0.835. The number of hydrogen-bond acceptors (Lipinski definition) is 4. The average molecular weight is 325 g/mol. The third kappa shape index (κ3) is 3.89. The molecule has 3 N–H and O–H groups in total. The number of para-hydroxylation sites is 1. The Morgan fingerprint density at radius 3 is 2.29 bits per heavy atom. The number of carbonyl (C=O) groups excluding carboxylic acids is 3. The maximum atomic E-state index is 11.9. The Morgan fingerprint density at radius 1 is 1.00 bits per heavy atom. The van der Waals surface area contributed by atoms with Crippen molar-refractivity contribution >= 4 is 23.5 Å². The Bertz CT molecular complexity index is 759. The highest BCUT2D eigenvalue weighted by molar-refractivity contribution is 6.06. The summed E-state index contributed by atoms with van der Waals surface area (Å²) in [6.07, 6.45) is -0.125. The Hall–Kier alpha value is -3.35. The molecule has 0 radical (unpaired) electrons. The number of benzene rings is 2. The second kappa shape index (κ2) is 6.82. The van der Waals surface area contributed by atoms with Crippen molar-refractivity contribution in [2.24, 2.45) is 0 Å². The van der Waals surface area contributed by atoms with E-state index in [1.165, 1.54) is 0 Å². The Morgan fingerprint density at radius 2 is 1.67 bits per heavy atom. The molecule has 1 aliphatic rings. The number of imide groups is 1. The lowest BCUT2D eigenvalue weighted by molar-refractivity contribution is -0.124. The van der Waals surface area contributed by atoms with Gasteiger partial charge in [0.25, 0.3) is 5.91 Å². The number of nitrogens with one attached hydrogen (secondary N) is 3. The molecule has 122 valence electrons. The van der Waals surface area contributed by atoms with Crippen molar-refractivity contribution in [3.8, 4) is 11.5 Å². The molecule has 1 fully saturated rings. The van der Waals surface area contributed by atoms with Gasteiger partial charge in [-0.2, -0.15) is 0 Å². The molecule has 2 aromatic carbocycles. The molecule has 1 aliphatic heterocycles. The number of urea groups is 1. The van der Waals surface area contributed by atoms with E-state index < -0.39 is 18.0 Å². The molecule has 0 spiro atoms. The fourth-order valence-corrected chi connectivity index (χ4v) is 2.23. The first-order valence-electron chi connectivity index (χ1n) is 7.34. The predicted molar refractivity (Wildman–Crippen MR) is 86.7 cm³/mol. The van der Waals surface area contributed by atoms with Crippen molar-refractivity contribution in [1.82, 2.24) is 10.6 Å². The summed E-state index contributed by atoms with van der Waals surface area (Å²) in [7, 11) is 0. The zero-order chi connectivity index (χ0) is 16.9. The molecule has 24 heavy (non-hydrogen) atoms. The first kappa shape index (κ1) is 15.5. The SMILES string of the molecule is O=C(CC1NC(=O)NC1=O)Nc1ccc(Oc2ccccc2)cc1. The maximum Gasteiger partial charge on any atom is 0.322 e. The molecule has 7 heteroatoms. The largest absolute Gasteiger partial charge is 0.457 e. The normalized spacial score (nSPS) is 16.2. The molecule has 7 nitrogen and oxygen atoms in total. The zero-order valence-corrected chi connectivity index (χ0v) is 12.6. The number of hydrogen-bond donors (Lipinski definition) is 3. The molecule has 1 unspecified atom stereocenters. The molecule has 1 atom stereocenters. The number of carbonyl (C=O) groups is 3. The highest BCUT2D eigenvalue weighted by Gasteiger charge is 2.31. The van der Waals surface area contributed by atoms with Gasteiger partial charge in [-0.25, -0.2) is 4.79 Å². The van der Waals surface area contributed by atoms with Gasteiger partial charge in [-0.15, -0.1) is 0 Å². The van der Waals surface area contributed by atoms with Crippen molar-refractivity contribution < 1.29 is 19.1 Å². The number of ether oxygens (including phenoxy) is 1. The number of rotatable bonds is 5. The van der Waals surface area contributed by atoms with Gasteiger partial charge in [0.1, 0.15) is 17.5 Å². The molecular formula is C17H15N3O4. The number of anilines is 1. The van der Waals surface area contributed by atoms with Crippen LogP contribution in [0.4, 0.5) is 10.5 Å². The van der Waals surface area contributed by atoms with Crippen LogP contribution in [0, 0.1) is 0 Å². The smallest absolute Gasteiger partial charge is 0.322 e. The lowest BCUT2D eigenvalue weighted by Crippen LogP contribution is -2.33. The van der Waals surface area contributed by atoms with Gasteiger partial charge in [0.15, 0.2) is 0 Å². The van der Waals surface area contributed by atoms with Crippen LogP contribution in [-0.2, 0) is 9.59 Å². The lowest BCUT2D eigenvalue weighted by atomic mass is 10.2.